The van der Waals surface area contributed by atoms with Gasteiger partial charge in [0.1, 0.15) is 0 Å². The maximum Gasteiger partial charge on any atom is 0.310 e. The summed E-state index contributed by atoms with van der Waals surface area (Å²) in [5, 5.41) is 2.87. The Morgan fingerprint density at radius 3 is 2.77 bits per heavy atom. The van der Waals surface area contributed by atoms with E-state index in [1.54, 1.807) is 6.92 Å². The van der Waals surface area contributed by atoms with Gasteiger partial charge in [0.05, 0.1) is 18.6 Å². The highest BCUT2D eigenvalue weighted by Crippen LogP contribution is 2.15. The Balaban J connectivity index is 2.40. The summed E-state index contributed by atoms with van der Waals surface area (Å²) in [6, 6.07) is -0.380. The van der Waals surface area contributed by atoms with Crippen molar-refractivity contribution in [3.8, 4) is 0 Å². The van der Waals surface area contributed by atoms with Crippen LogP contribution in [-0.2, 0) is 14.3 Å². The molecule has 13 heavy (non-hydrogen) atoms. The zero-order valence-corrected chi connectivity index (χ0v) is 7.58. The van der Waals surface area contributed by atoms with Crippen molar-refractivity contribution in [2.45, 2.75) is 19.4 Å². The van der Waals surface area contributed by atoms with Crippen LogP contribution in [0, 0.1) is 5.92 Å². The van der Waals surface area contributed by atoms with Gasteiger partial charge in [-0.2, -0.15) is 0 Å². The monoisotopic (exact) mass is 186 g/mol. The van der Waals surface area contributed by atoms with Crippen LogP contribution in [0.2, 0.25) is 0 Å². The molecule has 3 N–H and O–H groups in total. The van der Waals surface area contributed by atoms with Crippen molar-refractivity contribution in [3.05, 3.63) is 0 Å². The van der Waals surface area contributed by atoms with E-state index in [1.165, 1.54) is 0 Å². The van der Waals surface area contributed by atoms with Crippen LogP contribution < -0.4 is 11.1 Å². The molecule has 0 aliphatic carbocycles. The fraction of sp³-hybridized carbons (Fsp3) is 0.750. The van der Waals surface area contributed by atoms with Crippen LogP contribution in [-0.4, -0.2) is 31.1 Å². The molecule has 0 bridgehead atoms. The number of carbonyl (C=O) groups excluding carboxylic acids is 2. The maximum atomic E-state index is 11.2. The SMILES string of the molecule is CCOC(=O)C1CN[C@H](C(N)=O)C1. The van der Waals surface area contributed by atoms with E-state index in [9.17, 15) is 9.59 Å². The summed E-state index contributed by atoms with van der Waals surface area (Å²) in [7, 11) is 0. The first-order valence-corrected chi connectivity index (χ1v) is 4.34. The van der Waals surface area contributed by atoms with E-state index < -0.39 is 5.91 Å². The van der Waals surface area contributed by atoms with Gasteiger partial charge in [0.25, 0.3) is 0 Å². The largest absolute Gasteiger partial charge is 0.466 e. The Morgan fingerprint density at radius 1 is 1.62 bits per heavy atom. The number of nitrogens with one attached hydrogen (secondary N) is 1. The van der Waals surface area contributed by atoms with Gasteiger partial charge in [0, 0.05) is 6.54 Å². The molecular formula is C8H14N2O3. The molecule has 1 unspecified atom stereocenters. The first-order chi connectivity index (χ1) is 6.15. The minimum absolute atomic E-state index is 0.225. The number of amides is 1. The Labute approximate surface area is 76.6 Å². The summed E-state index contributed by atoms with van der Waals surface area (Å²) in [6.07, 6.45) is 0.453. The molecule has 0 aromatic heterocycles. The van der Waals surface area contributed by atoms with E-state index in [4.69, 9.17) is 10.5 Å². The maximum absolute atomic E-state index is 11.2. The molecule has 1 saturated heterocycles. The van der Waals surface area contributed by atoms with E-state index in [2.05, 4.69) is 5.32 Å². The molecule has 1 fully saturated rings. The van der Waals surface area contributed by atoms with Gasteiger partial charge in [-0.3, -0.25) is 9.59 Å². The van der Waals surface area contributed by atoms with Crippen LogP contribution in [0.5, 0.6) is 0 Å². The van der Waals surface area contributed by atoms with Crippen molar-refractivity contribution < 1.29 is 14.3 Å². The van der Waals surface area contributed by atoms with Crippen LogP contribution >= 0.6 is 0 Å². The second-order valence-corrected chi connectivity index (χ2v) is 3.05. The predicted octanol–water partition coefficient (Wildman–Crippen LogP) is -0.987. The molecule has 2 atom stereocenters. The van der Waals surface area contributed by atoms with E-state index in [1.807, 2.05) is 0 Å². The smallest absolute Gasteiger partial charge is 0.310 e. The second-order valence-electron chi connectivity index (χ2n) is 3.05. The molecule has 1 amide bonds. The quantitative estimate of drug-likeness (QED) is 0.555. The first-order valence-electron chi connectivity index (χ1n) is 4.34. The number of hydrogen-bond acceptors (Lipinski definition) is 4. The van der Waals surface area contributed by atoms with Gasteiger partial charge >= 0.3 is 5.97 Å². The fourth-order valence-corrected chi connectivity index (χ4v) is 1.39. The summed E-state index contributed by atoms with van der Waals surface area (Å²) >= 11 is 0. The Kier molecular flexibility index (Phi) is 3.25. The highest BCUT2D eigenvalue weighted by molar-refractivity contribution is 5.82. The number of ether oxygens (including phenoxy) is 1. The zero-order valence-electron chi connectivity index (χ0n) is 7.58. The summed E-state index contributed by atoms with van der Waals surface area (Å²) in [5.41, 5.74) is 5.08. The van der Waals surface area contributed by atoms with Crippen LogP contribution in [0.3, 0.4) is 0 Å². The Hall–Kier alpha value is -1.10. The van der Waals surface area contributed by atoms with Crippen molar-refractivity contribution in [2.24, 2.45) is 11.7 Å². The lowest BCUT2D eigenvalue weighted by atomic mass is 10.1. The Bertz CT molecular complexity index is 217. The third-order valence-electron chi connectivity index (χ3n) is 2.09. The molecule has 1 heterocycles. The molecule has 0 aromatic rings. The van der Waals surface area contributed by atoms with Crippen molar-refractivity contribution in [2.75, 3.05) is 13.2 Å². The second kappa shape index (κ2) is 4.23. The van der Waals surface area contributed by atoms with Crippen LogP contribution in [0.25, 0.3) is 0 Å². The number of rotatable bonds is 3. The van der Waals surface area contributed by atoms with E-state index in [0.717, 1.165) is 0 Å². The number of nitrogens with two attached hydrogens (primary N) is 1. The molecule has 74 valence electrons. The van der Waals surface area contributed by atoms with Gasteiger partial charge in [0.15, 0.2) is 0 Å². The first kappa shape index (κ1) is 9.98. The number of esters is 1. The molecule has 5 heteroatoms. The van der Waals surface area contributed by atoms with Gasteiger partial charge in [0.2, 0.25) is 5.91 Å². The zero-order chi connectivity index (χ0) is 9.84. The minimum Gasteiger partial charge on any atom is -0.466 e. The highest BCUT2D eigenvalue weighted by Gasteiger charge is 2.33. The lowest BCUT2D eigenvalue weighted by Crippen LogP contribution is -2.36. The third-order valence-corrected chi connectivity index (χ3v) is 2.09. The van der Waals surface area contributed by atoms with Crippen LogP contribution in [0.15, 0.2) is 0 Å². The number of hydrogen-bond donors (Lipinski definition) is 2. The van der Waals surface area contributed by atoms with Crippen molar-refractivity contribution in [3.63, 3.8) is 0 Å². The topological polar surface area (TPSA) is 81.4 Å². The minimum atomic E-state index is -0.410. The third kappa shape index (κ3) is 2.42. The fourth-order valence-electron chi connectivity index (χ4n) is 1.39. The molecule has 0 saturated carbocycles. The molecular weight excluding hydrogens is 172 g/mol. The van der Waals surface area contributed by atoms with Gasteiger partial charge in [-0.25, -0.2) is 0 Å². The summed E-state index contributed by atoms with van der Waals surface area (Å²) in [5.74, 6) is -0.886. The summed E-state index contributed by atoms with van der Waals surface area (Å²) in [4.78, 5) is 21.9. The van der Waals surface area contributed by atoms with E-state index in [0.29, 0.717) is 19.6 Å². The summed E-state index contributed by atoms with van der Waals surface area (Å²) in [6.45, 7) is 2.61. The Morgan fingerprint density at radius 2 is 2.31 bits per heavy atom. The average molecular weight is 186 g/mol. The van der Waals surface area contributed by atoms with Crippen LogP contribution in [0.1, 0.15) is 13.3 Å². The lowest BCUT2D eigenvalue weighted by molar-refractivity contribution is -0.147. The standard InChI is InChI=1S/C8H14N2O3/c1-2-13-8(12)5-3-6(7(9)11)10-4-5/h5-6,10H,2-4H2,1H3,(H2,9,11)/t5?,6-/m0/s1. The number of carbonyl (C=O) groups is 2. The number of primary amides is 1. The van der Waals surface area contributed by atoms with Crippen molar-refractivity contribution in [1.29, 1.82) is 0 Å². The van der Waals surface area contributed by atoms with Crippen LogP contribution in [0.4, 0.5) is 0 Å². The van der Waals surface area contributed by atoms with Gasteiger partial charge in [-0.15, -0.1) is 0 Å². The normalized spacial score (nSPS) is 27.2. The predicted molar refractivity (Wildman–Crippen MR) is 45.7 cm³/mol. The molecule has 0 spiro atoms. The van der Waals surface area contributed by atoms with E-state index >= 15 is 0 Å². The molecule has 1 rings (SSSR count). The molecule has 0 radical (unpaired) electrons. The molecule has 1 aliphatic heterocycles. The molecule has 1 aliphatic rings. The molecule has 5 nitrogen and oxygen atoms in total. The average Bonchev–Trinajstić information content (AvgIpc) is 2.52. The molecule has 0 aromatic carbocycles. The lowest BCUT2D eigenvalue weighted by Gasteiger charge is -2.06. The van der Waals surface area contributed by atoms with Crippen molar-refractivity contribution in [1.82, 2.24) is 5.32 Å². The van der Waals surface area contributed by atoms with E-state index in [-0.39, 0.29) is 17.9 Å². The van der Waals surface area contributed by atoms with Crippen molar-refractivity contribution >= 4 is 11.9 Å². The highest BCUT2D eigenvalue weighted by atomic mass is 16.5. The van der Waals surface area contributed by atoms with Gasteiger partial charge < -0.3 is 15.8 Å². The summed E-state index contributed by atoms with van der Waals surface area (Å²) < 4.78 is 4.82. The van der Waals surface area contributed by atoms with Gasteiger partial charge in [-0.1, -0.05) is 0 Å². The van der Waals surface area contributed by atoms with Gasteiger partial charge in [-0.05, 0) is 13.3 Å².